The third kappa shape index (κ3) is 4.12. The lowest BCUT2D eigenvalue weighted by Gasteiger charge is -2.33. The monoisotopic (exact) mass is 226 g/mol. The Balaban J connectivity index is 2.27. The van der Waals surface area contributed by atoms with Crippen LogP contribution in [0.15, 0.2) is 0 Å². The summed E-state index contributed by atoms with van der Waals surface area (Å²) in [4.78, 5) is 13.9. The number of nitrogens with one attached hydrogen (secondary N) is 1. The molecule has 0 atom stereocenters. The maximum Gasteiger partial charge on any atom is 0.222 e. The highest BCUT2D eigenvalue weighted by molar-refractivity contribution is 5.76. The van der Waals surface area contributed by atoms with E-state index in [1.54, 1.807) is 0 Å². The summed E-state index contributed by atoms with van der Waals surface area (Å²) in [5, 5.41) is 3.08. The summed E-state index contributed by atoms with van der Waals surface area (Å²) < 4.78 is 0. The van der Waals surface area contributed by atoms with Crippen LogP contribution in [0.4, 0.5) is 0 Å². The number of hydrogen-bond acceptors (Lipinski definition) is 2. The molecular formula is C13H26N2O. The van der Waals surface area contributed by atoms with Crippen molar-refractivity contribution in [1.29, 1.82) is 0 Å². The largest absolute Gasteiger partial charge is 0.343 e. The number of hydrogen-bond donors (Lipinski definition) is 1. The summed E-state index contributed by atoms with van der Waals surface area (Å²) in [7, 11) is 3.90. The molecule has 0 aromatic rings. The molecule has 94 valence electrons. The van der Waals surface area contributed by atoms with E-state index in [4.69, 9.17) is 0 Å². The fourth-order valence-corrected chi connectivity index (χ4v) is 2.43. The van der Waals surface area contributed by atoms with Crippen LogP contribution in [0.1, 0.15) is 45.4 Å². The minimum absolute atomic E-state index is 0.315. The average molecular weight is 226 g/mol. The van der Waals surface area contributed by atoms with E-state index in [0.29, 0.717) is 18.4 Å². The van der Waals surface area contributed by atoms with Crippen LogP contribution in [0.3, 0.4) is 0 Å². The summed E-state index contributed by atoms with van der Waals surface area (Å²) in [5.41, 5.74) is 0. The van der Waals surface area contributed by atoms with Gasteiger partial charge in [-0.3, -0.25) is 4.79 Å². The summed E-state index contributed by atoms with van der Waals surface area (Å²) in [6.45, 7) is 3.24. The molecule has 0 radical (unpaired) electrons. The maximum absolute atomic E-state index is 11.9. The SMILES string of the molecule is CNCCCC(=O)N(C)C1CCC(C)CC1. The van der Waals surface area contributed by atoms with E-state index in [-0.39, 0.29) is 0 Å². The van der Waals surface area contributed by atoms with Gasteiger partial charge in [0.2, 0.25) is 5.91 Å². The Bertz CT molecular complexity index is 210. The Hall–Kier alpha value is -0.570. The molecule has 0 saturated heterocycles. The lowest BCUT2D eigenvalue weighted by Crippen LogP contribution is -2.39. The van der Waals surface area contributed by atoms with Crippen molar-refractivity contribution in [3.05, 3.63) is 0 Å². The van der Waals surface area contributed by atoms with Crippen molar-refractivity contribution in [2.24, 2.45) is 5.92 Å². The van der Waals surface area contributed by atoms with Crippen molar-refractivity contribution in [2.75, 3.05) is 20.6 Å². The molecule has 0 unspecified atom stereocenters. The summed E-state index contributed by atoms with van der Waals surface area (Å²) >= 11 is 0. The summed E-state index contributed by atoms with van der Waals surface area (Å²) in [6, 6.07) is 0.498. The summed E-state index contributed by atoms with van der Waals surface area (Å²) in [6.07, 6.45) is 6.56. The van der Waals surface area contributed by atoms with Gasteiger partial charge in [-0.1, -0.05) is 6.92 Å². The van der Waals surface area contributed by atoms with Crippen molar-refractivity contribution in [3.63, 3.8) is 0 Å². The van der Waals surface area contributed by atoms with E-state index in [2.05, 4.69) is 12.2 Å². The fourth-order valence-electron chi connectivity index (χ4n) is 2.43. The third-order valence-corrected chi connectivity index (χ3v) is 3.74. The predicted octanol–water partition coefficient (Wildman–Crippen LogP) is 2.02. The molecule has 0 aromatic heterocycles. The smallest absolute Gasteiger partial charge is 0.222 e. The molecule has 0 aromatic carbocycles. The molecule has 1 aliphatic rings. The highest BCUT2D eigenvalue weighted by atomic mass is 16.2. The van der Waals surface area contributed by atoms with E-state index in [0.717, 1.165) is 18.9 Å². The Morgan fingerprint density at radius 1 is 1.31 bits per heavy atom. The molecule has 1 N–H and O–H groups in total. The molecular weight excluding hydrogens is 200 g/mol. The molecule has 3 nitrogen and oxygen atoms in total. The molecule has 16 heavy (non-hydrogen) atoms. The van der Waals surface area contributed by atoms with Crippen LogP contribution in [0, 0.1) is 5.92 Å². The highest BCUT2D eigenvalue weighted by Crippen LogP contribution is 2.26. The topological polar surface area (TPSA) is 32.3 Å². The van der Waals surface area contributed by atoms with Gasteiger partial charge < -0.3 is 10.2 Å². The van der Waals surface area contributed by atoms with Gasteiger partial charge in [0.05, 0.1) is 0 Å². The lowest BCUT2D eigenvalue weighted by atomic mass is 9.86. The van der Waals surface area contributed by atoms with E-state index >= 15 is 0 Å². The van der Waals surface area contributed by atoms with E-state index in [1.807, 2.05) is 19.0 Å². The van der Waals surface area contributed by atoms with Crippen LogP contribution in [-0.4, -0.2) is 37.5 Å². The second-order valence-corrected chi connectivity index (χ2v) is 5.13. The Morgan fingerprint density at radius 2 is 1.94 bits per heavy atom. The normalized spacial score (nSPS) is 25.4. The van der Waals surface area contributed by atoms with Crippen LogP contribution in [0.2, 0.25) is 0 Å². The van der Waals surface area contributed by atoms with Crippen LogP contribution in [-0.2, 0) is 4.79 Å². The van der Waals surface area contributed by atoms with Crippen molar-refractivity contribution in [1.82, 2.24) is 10.2 Å². The standard InChI is InChI=1S/C13H26N2O/c1-11-6-8-12(9-7-11)15(3)13(16)5-4-10-14-2/h11-12,14H,4-10H2,1-3H3. The predicted molar refractivity (Wildman–Crippen MR) is 67.4 cm³/mol. The Labute approximate surface area is 99.6 Å². The number of carbonyl (C=O) groups excluding carboxylic acids is 1. The molecule has 0 bridgehead atoms. The van der Waals surface area contributed by atoms with Crippen molar-refractivity contribution in [2.45, 2.75) is 51.5 Å². The van der Waals surface area contributed by atoms with Gasteiger partial charge in [0.1, 0.15) is 0 Å². The lowest BCUT2D eigenvalue weighted by molar-refractivity contribution is -0.132. The Morgan fingerprint density at radius 3 is 2.50 bits per heavy atom. The molecule has 1 amide bonds. The minimum Gasteiger partial charge on any atom is -0.343 e. The third-order valence-electron chi connectivity index (χ3n) is 3.74. The van der Waals surface area contributed by atoms with Gasteiger partial charge in [0.15, 0.2) is 0 Å². The van der Waals surface area contributed by atoms with Crippen LogP contribution in [0.25, 0.3) is 0 Å². The molecule has 0 spiro atoms. The van der Waals surface area contributed by atoms with Crippen LogP contribution >= 0.6 is 0 Å². The molecule has 3 heteroatoms. The zero-order valence-electron chi connectivity index (χ0n) is 11.0. The zero-order valence-corrected chi connectivity index (χ0v) is 11.0. The van der Waals surface area contributed by atoms with Gasteiger partial charge in [-0.05, 0) is 51.6 Å². The quantitative estimate of drug-likeness (QED) is 0.727. The van der Waals surface area contributed by atoms with E-state index < -0.39 is 0 Å². The van der Waals surface area contributed by atoms with Crippen LogP contribution < -0.4 is 5.32 Å². The van der Waals surface area contributed by atoms with Gasteiger partial charge in [-0.15, -0.1) is 0 Å². The molecule has 0 aliphatic heterocycles. The first kappa shape index (κ1) is 13.5. The van der Waals surface area contributed by atoms with E-state index in [1.165, 1.54) is 25.7 Å². The number of nitrogens with zero attached hydrogens (tertiary/aromatic N) is 1. The first-order valence-corrected chi connectivity index (χ1v) is 6.55. The number of rotatable bonds is 5. The number of carbonyl (C=O) groups is 1. The van der Waals surface area contributed by atoms with Gasteiger partial charge in [-0.25, -0.2) is 0 Å². The first-order valence-electron chi connectivity index (χ1n) is 6.55. The van der Waals surface area contributed by atoms with Crippen molar-refractivity contribution < 1.29 is 4.79 Å². The van der Waals surface area contributed by atoms with Gasteiger partial charge in [0.25, 0.3) is 0 Å². The molecule has 0 heterocycles. The molecule has 1 fully saturated rings. The average Bonchev–Trinajstić information content (AvgIpc) is 2.29. The Kier molecular flexibility index (Phi) is 5.81. The minimum atomic E-state index is 0.315. The maximum atomic E-state index is 11.9. The van der Waals surface area contributed by atoms with Crippen LogP contribution in [0.5, 0.6) is 0 Å². The van der Waals surface area contributed by atoms with Gasteiger partial charge in [0, 0.05) is 19.5 Å². The fraction of sp³-hybridized carbons (Fsp3) is 0.923. The number of amides is 1. The zero-order chi connectivity index (χ0) is 12.0. The molecule has 1 saturated carbocycles. The van der Waals surface area contributed by atoms with Crippen molar-refractivity contribution in [3.8, 4) is 0 Å². The van der Waals surface area contributed by atoms with E-state index in [9.17, 15) is 4.79 Å². The molecule has 1 aliphatic carbocycles. The van der Waals surface area contributed by atoms with Gasteiger partial charge >= 0.3 is 0 Å². The highest BCUT2D eigenvalue weighted by Gasteiger charge is 2.24. The molecule has 1 rings (SSSR count). The first-order chi connectivity index (χ1) is 7.65. The van der Waals surface area contributed by atoms with Gasteiger partial charge in [-0.2, -0.15) is 0 Å². The second-order valence-electron chi connectivity index (χ2n) is 5.13. The van der Waals surface area contributed by atoms with Crippen molar-refractivity contribution >= 4 is 5.91 Å². The second kappa shape index (κ2) is 6.89. The summed E-state index contributed by atoms with van der Waals surface area (Å²) in [5.74, 6) is 1.17.